The smallest absolute Gasteiger partial charge is 0.272 e. The molecule has 4 aromatic carbocycles. The summed E-state index contributed by atoms with van der Waals surface area (Å²) in [5.74, 6) is 0.641. The van der Waals surface area contributed by atoms with Crippen LogP contribution in [0.25, 0.3) is 6.08 Å². The normalized spacial score (nSPS) is 11.1. The molecule has 0 fully saturated rings. The molecule has 44 heavy (non-hydrogen) atoms. The van der Waals surface area contributed by atoms with Crippen molar-refractivity contribution >= 4 is 46.9 Å². The van der Waals surface area contributed by atoms with Gasteiger partial charge in [0.1, 0.15) is 17.2 Å². The van der Waals surface area contributed by atoms with Crippen LogP contribution in [0.1, 0.15) is 41.3 Å². The first-order chi connectivity index (χ1) is 21.2. The SMILES string of the molecule is COc1ccc(NC(=O)CSc2ccc(NC(=O)/C(=C/c3ccc(C(C)C)cc3)NC(=O)c3ccccc3)cc2)c(OC)c1. The lowest BCUT2D eigenvalue weighted by Gasteiger charge is -2.13. The van der Waals surface area contributed by atoms with Crippen LogP contribution < -0.4 is 25.4 Å². The van der Waals surface area contributed by atoms with E-state index in [1.54, 1.807) is 67.8 Å². The summed E-state index contributed by atoms with van der Waals surface area (Å²) in [6.45, 7) is 4.23. The second-order valence-corrected chi connectivity index (χ2v) is 11.1. The maximum Gasteiger partial charge on any atom is 0.272 e. The van der Waals surface area contributed by atoms with E-state index < -0.39 is 5.91 Å². The van der Waals surface area contributed by atoms with Gasteiger partial charge < -0.3 is 25.4 Å². The van der Waals surface area contributed by atoms with Crippen molar-refractivity contribution in [2.24, 2.45) is 0 Å². The first-order valence-electron chi connectivity index (χ1n) is 14.0. The van der Waals surface area contributed by atoms with Gasteiger partial charge in [0.15, 0.2) is 0 Å². The molecule has 0 aliphatic heterocycles. The third-order valence-corrected chi connectivity index (χ3v) is 7.62. The lowest BCUT2D eigenvalue weighted by atomic mass is 10.0. The van der Waals surface area contributed by atoms with Crippen LogP contribution in [0.4, 0.5) is 11.4 Å². The maximum atomic E-state index is 13.4. The van der Waals surface area contributed by atoms with Crippen LogP contribution in [0.5, 0.6) is 11.5 Å². The van der Waals surface area contributed by atoms with Gasteiger partial charge in [-0.05, 0) is 71.7 Å². The minimum atomic E-state index is -0.463. The Labute approximate surface area is 261 Å². The van der Waals surface area contributed by atoms with E-state index in [0.29, 0.717) is 34.4 Å². The summed E-state index contributed by atoms with van der Waals surface area (Å²) in [5, 5.41) is 8.47. The van der Waals surface area contributed by atoms with Crippen LogP contribution in [0.15, 0.2) is 108 Å². The van der Waals surface area contributed by atoms with Gasteiger partial charge in [0, 0.05) is 22.2 Å². The van der Waals surface area contributed by atoms with E-state index in [1.807, 2.05) is 42.5 Å². The predicted octanol–water partition coefficient (Wildman–Crippen LogP) is 6.97. The molecule has 0 saturated carbocycles. The second kappa shape index (κ2) is 15.5. The highest BCUT2D eigenvalue weighted by Gasteiger charge is 2.16. The van der Waals surface area contributed by atoms with Gasteiger partial charge in [-0.25, -0.2) is 0 Å². The van der Waals surface area contributed by atoms with E-state index in [9.17, 15) is 14.4 Å². The van der Waals surface area contributed by atoms with Gasteiger partial charge in [-0.2, -0.15) is 0 Å². The molecular formula is C35H35N3O5S. The van der Waals surface area contributed by atoms with Crippen LogP contribution in [-0.4, -0.2) is 37.7 Å². The molecule has 0 unspecified atom stereocenters. The molecule has 0 bridgehead atoms. The lowest BCUT2D eigenvalue weighted by Crippen LogP contribution is -2.30. The van der Waals surface area contributed by atoms with Gasteiger partial charge in [-0.3, -0.25) is 14.4 Å². The fourth-order valence-corrected chi connectivity index (χ4v) is 4.85. The van der Waals surface area contributed by atoms with Crippen LogP contribution in [0.2, 0.25) is 0 Å². The van der Waals surface area contributed by atoms with Crippen molar-refractivity contribution in [3.63, 3.8) is 0 Å². The number of nitrogens with one attached hydrogen (secondary N) is 3. The molecule has 3 amide bonds. The fourth-order valence-electron chi connectivity index (χ4n) is 4.16. The first-order valence-corrected chi connectivity index (χ1v) is 15.0. The zero-order valence-corrected chi connectivity index (χ0v) is 25.9. The number of anilines is 2. The number of ether oxygens (including phenoxy) is 2. The average Bonchev–Trinajstić information content (AvgIpc) is 3.04. The van der Waals surface area contributed by atoms with E-state index in [4.69, 9.17) is 9.47 Å². The molecule has 3 N–H and O–H groups in total. The molecule has 9 heteroatoms. The van der Waals surface area contributed by atoms with E-state index >= 15 is 0 Å². The number of benzene rings is 4. The summed E-state index contributed by atoms with van der Waals surface area (Å²) in [5.41, 5.74) is 3.61. The molecule has 4 aromatic rings. The summed E-state index contributed by atoms with van der Waals surface area (Å²) < 4.78 is 10.5. The van der Waals surface area contributed by atoms with Crippen molar-refractivity contribution in [2.45, 2.75) is 24.7 Å². The molecule has 8 nitrogen and oxygen atoms in total. The molecule has 0 aromatic heterocycles. The highest BCUT2D eigenvalue weighted by Crippen LogP contribution is 2.29. The molecule has 226 valence electrons. The minimum absolute atomic E-state index is 0.111. The average molecular weight is 610 g/mol. The Morgan fingerprint density at radius 1 is 0.818 bits per heavy atom. The standard InChI is InChI=1S/C35H35N3O5S/c1-23(2)25-12-10-24(11-13-25)20-31(38-34(40)26-8-6-5-7-9-26)35(41)36-27-14-17-29(18-15-27)44-22-33(39)37-30-19-16-28(42-3)21-32(30)43-4/h5-21,23H,22H2,1-4H3,(H,36,41)(H,37,39)(H,38,40)/b31-20-. The number of methoxy groups -OCH3 is 2. The fraction of sp³-hybridized carbons (Fsp3) is 0.171. The number of hydrogen-bond acceptors (Lipinski definition) is 6. The van der Waals surface area contributed by atoms with E-state index in [-0.39, 0.29) is 23.3 Å². The minimum Gasteiger partial charge on any atom is -0.497 e. The molecule has 4 rings (SSSR count). The van der Waals surface area contributed by atoms with Gasteiger partial charge in [-0.1, -0.05) is 56.3 Å². The zero-order chi connectivity index (χ0) is 31.5. The van der Waals surface area contributed by atoms with Crippen molar-refractivity contribution in [1.29, 1.82) is 0 Å². The monoisotopic (exact) mass is 609 g/mol. The molecule has 0 spiro atoms. The maximum absolute atomic E-state index is 13.4. The summed E-state index contributed by atoms with van der Waals surface area (Å²) in [6, 6.07) is 28.9. The van der Waals surface area contributed by atoms with Crippen LogP contribution in [0.3, 0.4) is 0 Å². The number of rotatable bonds is 12. The summed E-state index contributed by atoms with van der Waals surface area (Å²) in [4.78, 5) is 39.7. The summed E-state index contributed by atoms with van der Waals surface area (Å²) in [6.07, 6.45) is 1.65. The molecule has 0 aliphatic carbocycles. The van der Waals surface area contributed by atoms with Gasteiger partial charge in [0.2, 0.25) is 5.91 Å². The Kier molecular flexibility index (Phi) is 11.2. The Morgan fingerprint density at radius 2 is 1.52 bits per heavy atom. The van der Waals surface area contributed by atoms with Crippen LogP contribution in [0, 0.1) is 0 Å². The highest BCUT2D eigenvalue weighted by atomic mass is 32.2. The first kappa shape index (κ1) is 31.9. The summed E-state index contributed by atoms with van der Waals surface area (Å²) in [7, 11) is 3.09. The number of carbonyl (C=O) groups excluding carboxylic acids is 3. The largest absolute Gasteiger partial charge is 0.497 e. The molecule has 0 heterocycles. The van der Waals surface area contributed by atoms with E-state index in [1.165, 1.54) is 24.4 Å². The van der Waals surface area contributed by atoms with Crippen molar-refractivity contribution in [1.82, 2.24) is 5.32 Å². The van der Waals surface area contributed by atoms with Gasteiger partial charge in [0.05, 0.1) is 25.7 Å². The van der Waals surface area contributed by atoms with Crippen molar-refractivity contribution in [3.8, 4) is 11.5 Å². The summed E-state index contributed by atoms with van der Waals surface area (Å²) >= 11 is 1.36. The van der Waals surface area contributed by atoms with Crippen molar-refractivity contribution in [2.75, 3.05) is 30.6 Å². The van der Waals surface area contributed by atoms with Gasteiger partial charge in [0.25, 0.3) is 11.8 Å². The van der Waals surface area contributed by atoms with Crippen LogP contribution >= 0.6 is 11.8 Å². The predicted molar refractivity (Wildman–Crippen MR) is 176 cm³/mol. The number of thioether (sulfide) groups is 1. The third-order valence-electron chi connectivity index (χ3n) is 6.61. The molecule has 0 atom stereocenters. The molecule has 0 saturated heterocycles. The van der Waals surface area contributed by atoms with Gasteiger partial charge in [-0.15, -0.1) is 11.8 Å². The Morgan fingerprint density at radius 3 is 2.16 bits per heavy atom. The van der Waals surface area contributed by atoms with Crippen LogP contribution in [-0.2, 0) is 9.59 Å². The molecule has 0 aliphatic rings. The van der Waals surface area contributed by atoms with Crippen molar-refractivity contribution in [3.05, 3.63) is 119 Å². The van der Waals surface area contributed by atoms with Gasteiger partial charge >= 0.3 is 0 Å². The highest BCUT2D eigenvalue weighted by molar-refractivity contribution is 8.00. The third kappa shape index (κ3) is 8.99. The number of hydrogen-bond donors (Lipinski definition) is 3. The Hall–Kier alpha value is -5.02. The van der Waals surface area contributed by atoms with E-state index in [0.717, 1.165) is 10.5 Å². The topological polar surface area (TPSA) is 106 Å². The Balaban J connectivity index is 1.41. The zero-order valence-electron chi connectivity index (χ0n) is 25.0. The Bertz CT molecular complexity index is 1620. The molecule has 0 radical (unpaired) electrons. The van der Waals surface area contributed by atoms with Crippen molar-refractivity contribution < 1.29 is 23.9 Å². The second-order valence-electron chi connectivity index (χ2n) is 10.1. The number of carbonyl (C=O) groups is 3. The number of amides is 3. The quantitative estimate of drug-likeness (QED) is 0.118. The molecular weight excluding hydrogens is 574 g/mol. The van der Waals surface area contributed by atoms with E-state index in [2.05, 4.69) is 29.8 Å². The lowest BCUT2D eigenvalue weighted by molar-refractivity contribution is -0.114.